The van der Waals surface area contributed by atoms with Gasteiger partial charge in [-0.1, -0.05) is 18.2 Å². The van der Waals surface area contributed by atoms with Crippen LogP contribution in [-0.4, -0.2) is 39.6 Å². The predicted octanol–water partition coefficient (Wildman–Crippen LogP) is 2.61. The van der Waals surface area contributed by atoms with Crippen molar-refractivity contribution in [2.24, 2.45) is 0 Å². The van der Waals surface area contributed by atoms with Gasteiger partial charge in [-0.05, 0) is 44.9 Å². The molecule has 2 aromatic rings. The molecule has 1 atom stereocenters. The normalized spacial score (nSPS) is 16.9. The number of likely N-dealkylation sites (tertiary alicyclic amines) is 1. The van der Waals surface area contributed by atoms with E-state index in [9.17, 15) is 9.59 Å². The van der Waals surface area contributed by atoms with Gasteiger partial charge in [0.1, 0.15) is 6.42 Å². The average Bonchev–Trinajstić information content (AvgIpc) is 3.16. The van der Waals surface area contributed by atoms with E-state index in [4.69, 9.17) is 0 Å². The first kappa shape index (κ1) is 17.2. The Kier molecular flexibility index (Phi) is 4.88. The fourth-order valence-corrected chi connectivity index (χ4v) is 3.34. The van der Waals surface area contributed by atoms with E-state index in [-0.39, 0.29) is 24.3 Å². The number of hydrogen-bond donors (Lipinski definition) is 1. The third-order valence-corrected chi connectivity index (χ3v) is 4.64. The fourth-order valence-electron chi connectivity index (χ4n) is 3.34. The topological polar surface area (TPSA) is 67.2 Å². The molecule has 0 spiro atoms. The molecule has 1 aliphatic heterocycles. The minimum absolute atomic E-state index is 0.127. The van der Waals surface area contributed by atoms with Crippen molar-refractivity contribution in [3.05, 3.63) is 47.3 Å². The lowest BCUT2D eigenvalue weighted by molar-refractivity contribution is -0.133. The zero-order valence-corrected chi connectivity index (χ0v) is 15.0. The lowest BCUT2D eigenvalue weighted by Crippen LogP contribution is -2.32. The van der Waals surface area contributed by atoms with Crippen LogP contribution in [0.25, 0.3) is 0 Å². The largest absolute Gasteiger partial charge is 0.340 e. The van der Waals surface area contributed by atoms with Gasteiger partial charge in [0.2, 0.25) is 11.8 Å². The van der Waals surface area contributed by atoms with Crippen molar-refractivity contribution < 1.29 is 9.59 Å². The molecule has 1 fully saturated rings. The smallest absolute Gasteiger partial charge is 0.233 e. The molecule has 0 aliphatic carbocycles. The van der Waals surface area contributed by atoms with E-state index in [2.05, 4.69) is 10.4 Å². The van der Waals surface area contributed by atoms with Crippen LogP contribution < -0.4 is 5.32 Å². The molecular formula is C19H24N4O2. The molecule has 1 aliphatic rings. The Morgan fingerprint density at radius 2 is 2.00 bits per heavy atom. The van der Waals surface area contributed by atoms with E-state index in [0.717, 1.165) is 29.1 Å². The monoisotopic (exact) mass is 340 g/mol. The van der Waals surface area contributed by atoms with Crippen molar-refractivity contribution in [2.75, 3.05) is 18.4 Å². The maximum atomic E-state index is 12.4. The molecule has 2 heterocycles. The summed E-state index contributed by atoms with van der Waals surface area (Å²) in [5.41, 5.74) is 3.82. The van der Waals surface area contributed by atoms with Crippen molar-refractivity contribution in [3.8, 4) is 0 Å². The van der Waals surface area contributed by atoms with Crippen LogP contribution in [0.4, 0.5) is 5.69 Å². The molecule has 1 N–H and O–H groups in total. The Morgan fingerprint density at radius 1 is 1.24 bits per heavy atom. The summed E-state index contributed by atoms with van der Waals surface area (Å²) in [5, 5.41) is 7.33. The van der Waals surface area contributed by atoms with E-state index in [1.165, 1.54) is 0 Å². The first-order valence-electron chi connectivity index (χ1n) is 8.60. The number of hydrogen-bond acceptors (Lipinski definition) is 3. The second kappa shape index (κ2) is 7.09. The molecule has 1 aromatic carbocycles. The van der Waals surface area contributed by atoms with E-state index in [0.29, 0.717) is 13.1 Å². The third kappa shape index (κ3) is 3.90. The van der Waals surface area contributed by atoms with Gasteiger partial charge in [-0.3, -0.25) is 14.3 Å². The minimum Gasteiger partial charge on any atom is -0.340 e. The first-order valence-corrected chi connectivity index (χ1v) is 8.60. The molecule has 6 nitrogen and oxygen atoms in total. The Hall–Kier alpha value is -2.63. The summed E-state index contributed by atoms with van der Waals surface area (Å²) < 4.78 is 2.00. The molecule has 0 unspecified atom stereocenters. The number of aromatic nitrogens is 2. The Balaban J connectivity index is 1.56. The van der Waals surface area contributed by atoms with Crippen LogP contribution in [0, 0.1) is 20.8 Å². The maximum Gasteiger partial charge on any atom is 0.233 e. The van der Waals surface area contributed by atoms with E-state index in [1.807, 2.05) is 55.8 Å². The number of nitrogens with one attached hydrogen (secondary N) is 1. The van der Waals surface area contributed by atoms with Gasteiger partial charge in [0, 0.05) is 24.5 Å². The summed E-state index contributed by atoms with van der Waals surface area (Å²) in [6.45, 7) is 7.20. The van der Waals surface area contributed by atoms with Crippen LogP contribution in [0.1, 0.15) is 35.8 Å². The SMILES string of the molecule is Cc1cc(C)n([C@@H]2CCN(C(=O)CC(=O)Nc3ccccc3C)C2)n1. The standard InChI is InChI=1S/C19H24N4O2/c1-13-6-4-5-7-17(13)20-18(24)11-19(25)22-9-8-16(12-22)23-15(3)10-14(2)21-23/h4-7,10,16H,8-9,11-12H2,1-3H3,(H,20,24)/t16-/m1/s1. The molecule has 25 heavy (non-hydrogen) atoms. The van der Waals surface area contributed by atoms with Gasteiger partial charge in [0.05, 0.1) is 11.7 Å². The number of benzene rings is 1. The van der Waals surface area contributed by atoms with E-state index >= 15 is 0 Å². The van der Waals surface area contributed by atoms with Crippen LogP contribution in [0.2, 0.25) is 0 Å². The molecule has 2 amide bonds. The summed E-state index contributed by atoms with van der Waals surface area (Å²) in [5.74, 6) is -0.399. The lowest BCUT2D eigenvalue weighted by Gasteiger charge is -2.17. The predicted molar refractivity (Wildman–Crippen MR) is 96.4 cm³/mol. The molecule has 1 aromatic heterocycles. The second-order valence-corrected chi connectivity index (χ2v) is 6.69. The molecule has 6 heteroatoms. The summed E-state index contributed by atoms with van der Waals surface area (Å²) >= 11 is 0. The molecule has 1 saturated heterocycles. The molecule has 3 rings (SSSR count). The van der Waals surface area contributed by atoms with Crippen molar-refractivity contribution in [2.45, 2.75) is 39.7 Å². The van der Waals surface area contributed by atoms with E-state index < -0.39 is 0 Å². The summed E-state index contributed by atoms with van der Waals surface area (Å²) in [4.78, 5) is 26.4. The van der Waals surface area contributed by atoms with Crippen LogP contribution in [0.15, 0.2) is 30.3 Å². The Morgan fingerprint density at radius 3 is 2.68 bits per heavy atom. The number of nitrogens with zero attached hydrogens (tertiary/aromatic N) is 3. The summed E-state index contributed by atoms with van der Waals surface area (Å²) in [6, 6.07) is 9.78. The Labute approximate surface area is 147 Å². The van der Waals surface area contributed by atoms with Crippen molar-refractivity contribution in [3.63, 3.8) is 0 Å². The highest BCUT2D eigenvalue weighted by atomic mass is 16.2. The second-order valence-electron chi connectivity index (χ2n) is 6.69. The van der Waals surface area contributed by atoms with Gasteiger partial charge >= 0.3 is 0 Å². The molecule has 0 saturated carbocycles. The Bertz CT molecular complexity index is 796. The zero-order valence-electron chi connectivity index (χ0n) is 15.0. The molecular weight excluding hydrogens is 316 g/mol. The molecule has 132 valence electrons. The fraction of sp³-hybridized carbons (Fsp3) is 0.421. The lowest BCUT2D eigenvalue weighted by atomic mass is 10.2. The maximum absolute atomic E-state index is 12.4. The highest BCUT2D eigenvalue weighted by molar-refractivity contribution is 6.03. The number of para-hydroxylation sites is 1. The van der Waals surface area contributed by atoms with Gasteiger partial charge in [-0.15, -0.1) is 0 Å². The summed E-state index contributed by atoms with van der Waals surface area (Å²) in [6.07, 6.45) is 0.741. The first-order chi connectivity index (χ1) is 11.9. The van der Waals surface area contributed by atoms with Gasteiger partial charge in [-0.25, -0.2) is 0 Å². The van der Waals surface area contributed by atoms with Crippen LogP contribution >= 0.6 is 0 Å². The molecule has 0 bridgehead atoms. The van der Waals surface area contributed by atoms with Gasteiger partial charge in [-0.2, -0.15) is 5.10 Å². The number of carbonyl (C=O) groups is 2. The van der Waals surface area contributed by atoms with Crippen molar-refractivity contribution in [1.82, 2.24) is 14.7 Å². The quantitative estimate of drug-likeness (QED) is 0.870. The zero-order chi connectivity index (χ0) is 18.0. The number of aryl methyl sites for hydroxylation is 3. The van der Waals surface area contributed by atoms with Crippen molar-refractivity contribution in [1.29, 1.82) is 0 Å². The highest BCUT2D eigenvalue weighted by Gasteiger charge is 2.29. The van der Waals surface area contributed by atoms with Crippen LogP contribution in [-0.2, 0) is 9.59 Å². The van der Waals surface area contributed by atoms with Crippen LogP contribution in [0.3, 0.4) is 0 Å². The molecule has 0 radical (unpaired) electrons. The highest BCUT2D eigenvalue weighted by Crippen LogP contribution is 2.23. The van der Waals surface area contributed by atoms with Crippen LogP contribution in [0.5, 0.6) is 0 Å². The number of amides is 2. The van der Waals surface area contributed by atoms with Gasteiger partial charge < -0.3 is 10.2 Å². The number of carbonyl (C=O) groups excluding carboxylic acids is 2. The van der Waals surface area contributed by atoms with Crippen molar-refractivity contribution >= 4 is 17.5 Å². The number of anilines is 1. The van der Waals surface area contributed by atoms with Gasteiger partial charge in [0.15, 0.2) is 0 Å². The number of rotatable bonds is 4. The average molecular weight is 340 g/mol. The third-order valence-electron chi connectivity index (χ3n) is 4.64. The summed E-state index contributed by atoms with van der Waals surface area (Å²) in [7, 11) is 0. The van der Waals surface area contributed by atoms with Gasteiger partial charge in [0.25, 0.3) is 0 Å². The minimum atomic E-state index is -0.270. The van der Waals surface area contributed by atoms with E-state index in [1.54, 1.807) is 4.90 Å².